The van der Waals surface area contributed by atoms with Crippen LogP contribution in [0.4, 0.5) is 0 Å². The second-order valence-corrected chi connectivity index (χ2v) is 10.8. The van der Waals surface area contributed by atoms with Crippen molar-refractivity contribution in [1.82, 2.24) is 23.6 Å². The molecule has 3 aromatic heterocycles. The van der Waals surface area contributed by atoms with E-state index >= 15 is 0 Å². The Bertz CT molecular complexity index is 1360. The topological polar surface area (TPSA) is 73.0 Å². The molecule has 1 aliphatic heterocycles. The van der Waals surface area contributed by atoms with Gasteiger partial charge in [-0.05, 0) is 53.5 Å². The molecule has 1 fully saturated rings. The Labute approximate surface area is 195 Å². The summed E-state index contributed by atoms with van der Waals surface area (Å²) in [6, 6.07) is 10.7. The Hall–Kier alpha value is -2.49. The molecule has 4 aromatic rings. The number of pyridine rings is 1. The molecule has 0 atom stereocenters. The third-order valence-corrected chi connectivity index (χ3v) is 8.27. The van der Waals surface area contributed by atoms with Gasteiger partial charge in [0.25, 0.3) is 10.0 Å². The van der Waals surface area contributed by atoms with Crippen LogP contribution in [-0.4, -0.2) is 51.7 Å². The van der Waals surface area contributed by atoms with Gasteiger partial charge < -0.3 is 4.90 Å². The van der Waals surface area contributed by atoms with Gasteiger partial charge in [0, 0.05) is 52.7 Å². The van der Waals surface area contributed by atoms with Crippen LogP contribution in [0.3, 0.4) is 0 Å². The number of fused-ring (bicyclic) bond motifs is 1. The van der Waals surface area contributed by atoms with Crippen molar-refractivity contribution in [2.24, 2.45) is 0 Å². The van der Waals surface area contributed by atoms with Gasteiger partial charge in [0.15, 0.2) is 5.65 Å². The van der Waals surface area contributed by atoms with Gasteiger partial charge in [-0.15, -0.1) is 0 Å². The van der Waals surface area contributed by atoms with E-state index in [2.05, 4.69) is 37.8 Å². The predicted molar refractivity (Wildman–Crippen MR) is 128 cm³/mol. The second kappa shape index (κ2) is 8.46. The van der Waals surface area contributed by atoms with Crippen molar-refractivity contribution >= 4 is 37.0 Å². The molecule has 0 amide bonds. The second-order valence-electron chi connectivity index (χ2n) is 8.06. The number of rotatable bonds is 5. The average Bonchev–Trinajstić information content (AvgIpc) is 3.45. The molecule has 0 spiro atoms. The van der Waals surface area contributed by atoms with Crippen LogP contribution in [0.15, 0.2) is 70.6 Å². The number of aromatic nitrogens is 4. The fourth-order valence-electron chi connectivity index (χ4n) is 4.35. The standard InChI is InChI=1S/C23H24BrN5O2S/c1-2-27-10-8-19(9-11-27)28-15-17(13-26-28)22-16-29(23-21(22)12-18(24)14-25-23)32(30,31)20-6-4-3-5-7-20/h3-7,12-16,19H,2,8-11H2,1H3. The van der Waals surface area contributed by atoms with Crippen LogP contribution in [0.25, 0.3) is 22.2 Å². The molecule has 0 saturated carbocycles. The first-order valence-corrected chi connectivity index (χ1v) is 12.9. The highest BCUT2D eigenvalue weighted by molar-refractivity contribution is 9.10. The van der Waals surface area contributed by atoms with E-state index in [4.69, 9.17) is 0 Å². The Morgan fingerprint density at radius 3 is 2.56 bits per heavy atom. The first-order valence-electron chi connectivity index (χ1n) is 10.7. The Balaban J connectivity index is 1.57. The summed E-state index contributed by atoms with van der Waals surface area (Å²) in [5.74, 6) is 0. The van der Waals surface area contributed by atoms with Crippen LogP contribution in [-0.2, 0) is 10.0 Å². The number of nitrogens with zero attached hydrogens (tertiary/aromatic N) is 5. The lowest BCUT2D eigenvalue weighted by Gasteiger charge is -2.31. The quantitative estimate of drug-likeness (QED) is 0.391. The molecule has 1 saturated heterocycles. The third kappa shape index (κ3) is 3.78. The summed E-state index contributed by atoms with van der Waals surface area (Å²) in [5, 5.41) is 5.40. The van der Waals surface area contributed by atoms with Crippen molar-refractivity contribution in [3.05, 3.63) is 65.7 Å². The maximum Gasteiger partial charge on any atom is 0.269 e. The number of hydrogen-bond acceptors (Lipinski definition) is 5. The number of benzene rings is 1. The van der Waals surface area contributed by atoms with Gasteiger partial charge in [0.2, 0.25) is 0 Å². The van der Waals surface area contributed by atoms with E-state index in [9.17, 15) is 8.42 Å². The minimum absolute atomic E-state index is 0.228. The van der Waals surface area contributed by atoms with Gasteiger partial charge in [0.05, 0.1) is 17.1 Å². The SMILES string of the molecule is CCN1CCC(n2cc(-c3cn(S(=O)(=O)c4ccccc4)c4ncc(Br)cc34)cn2)CC1. The van der Waals surface area contributed by atoms with Crippen LogP contribution in [0, 0.1) is 0 Å². The molecule has 1 aromatic carbocycles. The van der Waals surface area contributed by atoms with Crippen LogP contribution in [0.2, 0.25) is 0 Å². The van der Waals surface area contributed by atoms with Crippen LogP contribution >= 0.6 is 15.9 Å². The first kappa shape index (κ1) is 21.4. The highest BCUT2D eigenvalue weighted by Gasteiger charge is 2.25. The van der Waals surface area contributed by atoms with E-state index in [1.165, 1.54) is 3.97 Å². The number of likely N-dealkylation sites (tertiary alicyclic amines) is 1. The summed E-state index contributed by atoms with van der Waals surface area (Å²) in [7, 11) is -3.78. The summed E-state index contributed by atoms with van der Waals surface area (Å²) < 4.78 is 30.8. The number of hydrogen-bond donors (Lipinski definition) is 0. The molecule has 32 heavy (non-hydrogen) atoms. The van der Waals surface area contributed by atoms with Crippen molar-refractivity contribution in [2.75, 3.05) is 19.6 Å². The molecule has 0 N–H and O–H groups in total. The highest BCUT2D eigenvalue weighted by atomic mass is 79.9. The molecule has 0 bridgehead atoms. The van der Waals surface area contributed by atoms with Gasteiger partial charge in [-0.2, -0.15) is 5.10 Å². The third-order valence-electron chi connectivity index (χ3n) is 6.17. The lowest BCUT2D eigenvalue weighted by Crippen LogP contribution is -2.34. The van der Waals surface area contributed by atoms with Crippen LogP contribution in [0.1, 0.15) is 25.8 Å². The first-order chi connectivity index (χ1) is 15.5. The van der Waals surface area contributed by atoms with E-state index in [1.54, 1.807) is 42.7 Å². The van der Waals surface area contributed by atoms with Gasteiger partial charge in [-0.1, -0.05) is 25.1 Å². The van der Waals surface area contributed by atoms with Gasteiger partial charge in [0.1, 0.15) is 0 Å². The van der Waals surface area contributed by atoms with Gasteiger partial charge >= 0.3 is 0 Å². The lowest BCUT2D eigenvalue weighted by molar-refractivity contribution is 0.187. The summed E-state index contributed by atoms with van der Waals surface area (Å²) in [4.78, 5) is 7.12. The van der Waals surface area contributed by atoms with Crippen molar-refractivity contribution in [3.63, 3.8) is 0 Å². The van der Waals surface area contributed by atoms with Crippen molar-refractivity contribution < 1.29 is 8.42 Å². The Morgan fingerprint density at radius 2 is 1.84 bits per heavy atom. The van der Waals surface area contributed by atoms with Crippen LogP contribution < -0.4 is 0 Å². The molecule has 0 aliphatic carbocycles. The molecular formula is C23H24BrN5O2S. The molecule has 9 heteroatoms. The van der Waals surface area contributed by atoms with Gasteiger partial charge in [-0.3, -0.25) is 4.68 Å². The fourth-order valence-corrected chi connectivity index (χ4v) is 6.03. The summed E-state index contributed by atoms with van der Waals surface area (Å²) in [6.45, 7) is 5.41. The molecule has 166 valence electrons. The Kier molecular flexibility index (Phi) is 5.65. The molecular weight excluding hydrogens is 490 g/mol. The predicted octanol–water partition coefficient (Wildman–Crippen LogP) is 4.56. The Morgan fingerprint density at radius 1 is 1.09 bits per heavy atom. The summed E-state index contributed by atoms with van der Waals surface area (Å²) >= 11 is 3.48. The monoisotopic (exact) mass is 513 g/mol. The zero-order valence-electron chi connectivity index (χ0n) is 17.7. The fraction of sp³-hybridized carbons (Fsp3) is 0.304. The summed E-state index contributed by atoms with van der Waals surface area (Å²) in [6.07, 6.45) is 9.25. The molecule has 7 nitrogen and oxygen atoms in total. The van der Waals surface area contributed by atoms with E-state index in [0.29, 0.717) is 11.7 Å². The van der Waals surface area contributed by atoms with Crippen molar-refractivity contribution in [3.8, 4) is 11.1 Å². The molecule has 4 heterocycles. The smallest absolute Gasteiger partial charge is 0.269 e. The number of halogens is 1. The van der Waals surface area contributed by atoms with E-state index in [-0.39, 0.29) is 4.90 Å². The summed E-state index contributed by atoms with van der Waals surface area (Å²) in [5.41, 5.74) is 2.08. The number of piperidine rings is 1. The molecule has 5 rings (SSSR count). The molecule has 1 aliphatic rings. The minimum atomic E-state index is -3.78. The minimum Gasteiger partial charge on any atom is -0.303 e. The highest BCUT2D eigenvalue weighted by Crippen LogP contribution is 2.34. The maximum atomic E-state index is 13.4. The molecule has 0 radical (unpaired) electrons. The van der Waals surface area contributed by atoms with E-state index < -0.39 is 10.0 Å². The van der Waals surface area contributed by atoms with E-state index in [1.807, 2.05) is 23.1 Å². The average molecular weight is 514 g/mol. The lowest BCUT2D eigenvalue weighted by atomic mass is 10.1. The van der Waals surface area contributed by atoms with Crippen LogP contribution in [0.5, 0.6) is 0 Å². The van der Waals surface area contributed by atoms with E-state index in [0.717, 1.165) is 53.5 Å². The zero-order chi connectivity index (χ0) is 22.3. The van der Waals surface area contributed by atoms with Crippen molar-refractivity contribution in [1.29, 1.82) is 0 Å². The van der Waals surface area contributed by atoms with Crippen molar-refractivity contribution in [2.45, 2.75) is 30.7 Å². The molecule has 0 unspecified atom stereocenters. The zero-order valence-corrected chi connectivity index (χ0v) is 20.1. The van der Waals surface area contributed by atoms with Gasteiger partial charge in [-0.25, -0.2) is 17.4 Å². The largest absolute Gasteiger partial charge is 0.303 e. The normalized spacial score (nSPS) is 16.1. The maximum absolute atomic E-state index is 13.4.